The minimum Gasteiger partial charge on any atom is -0.327 e. The largest absolute Gasteiger partial charge is 0.327 e. The van der Waals surface area contributed by atoms with Crippen molar-refractivity contribution in [3.63, 3.8) is 0 Å². The molecule has 1 aliphatic carbocycles. The Hall–Kier alpha value is -0.0800. The highest BCUT2D eigenvalue weighted by Crippen LogP contribution is 2.35. The van der Waals surface area contributed by atoms with Crippen LogP contribution in [0.2, 0.25) is 0 Å². The molecular formula is C12H24N2. The summed E-state index contributed by atoms with van der Waals surface area (Å²) in [5, 5.41) is 0. The average molecular weight is 196 g/mol. The summed E-state index contributed by atoms with van der Waals surface area (Å²) in [6.07, 6.45) is 6.78. The van der Waals surface area contributed by atoms with Gasteiger partial charge in [-0.15, -0.1) is 0 Å². The number of hydrogen-bond donors (Lipinski definition) is 1. The molecule has 1 heterocycles. The van der Waals surface area contributed by atoms with E-state index in [4.69, 9.17) is 5.73 Å². The van der Waals surface area contributed by atoms with E-state index in [-0.39, 0.29) is 0 Å². The normalized spacial score (nSPS) is 39.9. The van der Waals surface area contributed by atoms with Crippen molar-refractivity contribution < 1.29 is 0 Å². The molecule has 1 saturated carbocycles. The minimum absolute atomic E-state index is 0.482. The van der Waals surface area contributed by atoms with Gasteiger partial charge in [0.1, 0.15) is 0 Å². The Morgan fingerprint density at radius 1 is 1.14 bits per heavy atom. The van der Waals surface area contributed by atoms with Crippen LogP contribution >= 0.6 is 0 Å². The Morgan fingerprint density at radius 2 is 1.86 bits per heavy atom. The van der Waals surface area contributed by atoms with E-state index >= 15 is 0 Å². The fourth-order valence-electron chi connectivity index (χ4n) is 3.37. The molecule has 0 amide bonds. The Labute approximate surface area is 87.8 Å². The summed E-state index contributed by atoms with van der Waals surface area (Å²) in [5.41, 5.74) is 6.23. The highest BCUT2D eigenvalue weighted by atomic mass is 15.2. The van der Waals surface area contributed by atoms with E-state index in [9.17, 15) is 0 Å². The number of nitrogens with two attached hydrogens (primary N) is 1. The second-order valence-corrected chi connectivity index (χ2v) is 5.30. The van der Waals surface area contributed by atoms with Crippen LogP contribution in [0.15, 0.2) is 0 Å². The van der Waals surface area contributed by atoms with Crippen LogP contribution in [0.4, 0.5) is 0 Å². The highest BCUT2D eigenvalue weighted by molar-refractivity contribution is 4.94. The van der Waals surface area contributed by atoms with Crippen molar-refractivity contribution in [2.75, 3.05) is 6.54 Å². The second-order valence-electron chi connectivity index (χ2n) is 5.30. The van der Waals surface area contributed by atoms with E-state index in [2.05, 4.69) is 18.7 Å². The van der Waals surface area contributed by atoms with Gasteiger partial charge in [-0.05, 0) is 39.0 Å². The van der Waals surface area contributed by atoms with Gasteiger partial charge in [-0.25, -0.2) is 0 Å². The first-order valence-electron chi connectivity index (χ1n) is 6.21. The van der Waals surface area contributed by atoms with Crippen LogP contribution in [0.5, 0.6) is 0 Å². The first kappa shape index (κ1) is 10.4. The van der Waals surface area contributed by atoms with Crippen molar-refractivity contribution in [3.8, 4) is 0 Å². The lowest BCUT2D eigenvalue weighted by molar-refractivity contribution is 0.0248. The maximum absolute atomic E-state index is 6.23. The van der Waals surface area contributed by atoms with Gasteiger partial charge in [-0.1, -0.05) is 12.8 Å². The van der Waals surface area contributed by atoms with Crippen molar-refractivity contribution in [2.45, 2.75) is 64.1 Å². The summed E-state index contributed by atoms with van der Waals surface area (Å²) >= 11 is 0. The number of rotatable bonds is 1. The van der Waals surface area contributed by atoms with Gasteiger partial charge < -0.3 is 5.73 Å². The summed E-state index contributed by atoms with van der Waals surface area (Å²) in [5.74, 6) is 0.792. The van der Waals surface area contributed by atoms with E-state index in [1.54, 1.807) is 0 Å². The van der Waals surface area contributed by atoms with Gasteiger partial charge in [-0.3, -0.25) is 4.90 Å². The van der Waals surface area contributed by atoms with Crippen molar-refractivity contribution in [1.29, 1.82) is 0 Å². The van der Waals surface area contributed by atoms with Gasteiger partial charge in [0.2, 0.25) is 0 Å². The van der Waals surface area contributed by atoms with Crippen LogP contribution in [-0.4, -0.2) is 29.6 Å². The van der Waals surface area contributed by atoms with Crippen LogP contribution < -0.4 is 5.73 Å². The molecule has 0 aromatic carbocycles. The second kappa shape index (κ2) is 4.19. The molecule has 0 spiro atoms. The lowest BCUT2D eigenvalue weighted by atomic mass is 9.75. The zero-order valence-corrected chi connectivity index (χ0v) is 9.58. The molecule has 3 atom stereocenters. The molecule has 2 heteroatoms. The molecule has 1 saturated heterocycles. The lowest BCUT2D eigenvalue weighted by Crippen LogP contribution is -2.57. The van der Waals surface area contributed by atoms with Gasteiger partial charge >= 0.3 is 0 Å². The lowest BCUT2D eigenvalue weighted by Gasteiger charge is -2.48. The molecule has 82 valence electrons. The molecule has 2 N–H and O–H groups in total. The fourth-order valence-corrected chi connectivity index (χ4v) is 3.37. The molecule has 0 bridgehead atoms. The minimum atomic E-state index is 0.482. The van der Waals surface area contributed by atoms with Crippen LogP contribution in [0.25, 0.3) is 0 Å². The molecular weight excluding hydrogens is 172 g/mol. The zero-order valence-electron chi connectivity index (χ0n) is 9.58. The summed E-state index contributed by atoms with van der Waals surface area (Å²) in [4.78, 5) is 2.69. The van der Waals surface area contributed by atoms with Crippen molar-refractivity contribution in [2.24, 2.45) is 11.7 Å². The van der Waals surface area contributed by atoms with Gasteiger partial charge in [0.15, 0.2) is 0 Å². The molecule has 2 nitrogen and oxygen atoms in total. The van der Waals surface area contributed by atoms with Gasteiger partial charge in [0, 0.05) is 24.7 Å². The topological polar surface area (TPSA) is 29.3 Å². The number of piperidine rings is 1. The molecule has 0 aromatic heterocycles. The number of nitrogens with zero attached hydrogens (tertiary/aromatic N) is 1. The SMILES string of the molecule is CC(C)N1CCC(N)C2CCCCC21. The van der Waals surface area contributed by atoms with Gasteiger partial charge in [0.25, 0.3) is 0 Å². The molecule has 3 unspecified atom stereocenters. The average Bonchev–Trinajstić information content (AvgIpc) is 2.18. The third-order valence-corrected chi connectivity index (χ3v) is 4.14. The van der Waals surface area contributed by atoms with Crippen LogP contribution in [-0.2, 0) is 0 Å². The van der Waals surface area contributed by atoms with Crippen LogP contribution in [0.3, 0.4) is 0 Å². The summed E-state index contributed by atoms with van der Waals surface area (Å²) in [7, 11) is 0. The molecule has 2 fully saturated rings. The Kier molecular flexibility index (Phi) is 3.13. The van der Waals surface area contributed by atoms with E-state index in [0.717, 1.165) is 12.0 Å². The molecule has 0 aromatic rings. The fraction of sp³-hybridized carbons (Fsp3) is 1.00. The zero-order chi connectivity index (χ0) is 10.1. The Bertz CT molecular complexity index is 189. The molecule has 2 aliphatic rings. The molecule has 2 rings (SSSR count). The smallest absolute Gasteiger partial charge is 0.0141 e. The maximum Gasteiger partial charge on any atom is 0.0141 e. The third-order valence-electron chi connectivity index (χ3n) is 4.14. The first-order valence-corrected chi connectivity index (χ1v) is 6.21. The number of fused-ring (bicyclic) bond motifs is 1. The Morgan fingerprint density at radius 3 is 2.57 bits per heavy atom. The predicted octanol–water partition coefficient (Wildman–Crippen LogP) is 1.99. The van der Waals surface area contributed by atoms with Crippen LogP contribution in [0.1, 0.15) is 46.0 Å². The third kappa shape index (κ3) is 1.82. The van der Waals surface area contributed by atoms with Crippen molar-refractivity contribution >= 4 is 0 Å². The van der Waals surface area contributed by atoms with Crippen molar-refractivity contribution in [1.82, 2.24) is 4.90 Å². The summed E-state index contributed by atoms with van der Waals surface area (Å²) in [6, 6.07) is 1.98. The maximum atomic E-state index is 6.23. The standard InChI is InChI=1S/C12H24N2/c1-9(2)14-8-7-11(13)10-5-3-4-6-12(10)14/h9-12H,3-8,13H2,1-2H3. The van der Waals surface area contributed by atoms with Gasteiger partial charge in [0.05, 0.1) is 0 Å². The van der Waals surface area contributed by atoms with E-state index in [1.165, 1.54) is 38.6 Å². The van der Waals surface area contributed by atoms with E-state index in [1.807, 2.05) is 0 Å². The van der Waals surface area contributed by atoms with Crippen molar-refractivity contribution in [3.05, 3.63) is 0 Å². The predicted molar refractivity (Wildman–Crippen MR) is 60.2 cm³/mol. The Balaban J connectivity index is 2.08. The molecule has 1 aliphatic heterocycles. The summed E-state index contributed by atoms with van der Waals surface area (Å²) in [6.45, 7) is 5.87. The highest BCUT2D eigenvalue weighted by Gasteiger charge is 2.38. The van der Waals surface area contributed by atoms with Crippen LogP contribution in [0, 0.1) is 5.92 Å². The summed E-state index contributed by atoms with van der Waals surface area (Å²) < 4.78 is 0. The first-order chi connectivity index (χ1) is 6.70. The quantitative estimate of drug-likeness (QED) is 0.695. The monoisotopic (exact) mass is 196 g/mol. The van der Waals surface area contributed by atoms with Gasteiger partial charge in [-0.2, -0.15) is 0 Å². The number of likely N-dealkylation sites (tertiary alicyclic amines) is 1. The number of hydrogen-bond acceptors (Lipinski definition) is 2. The van der Waals surface area contributed by atoms with E-state index < -0.39 is 0 Å². The molecule has 14 heavy (non-hydrogen) atoms. The molecule has 0 radical (unpaired) electrons. The van der Waals surface area contributed by atoms with E-state index in [0.29, 0.717) is 12.1 Å².